The van der Waals surface area contributed by atoms with E-state index >= 15 is 0 Å². The molecule has 0 aliphatic carbocycles. The maximum atomic E-state index is 13.9. The number of aliphatic carboxylic acids is 1. The van der Waals surface area contributed by atoms with Gasteiger partial charge in [-0.15, -0.1) is 0 Å². The second-order valence-electron chi connectivity index (χ2n) is 5.64. The normalized spacial score (nSPS) is 21.5. The average Bonchev–Trinajstić information content (AvgIpc) is 2.94. The monoisotopic (exact) mass is 334 g/mol. The fraction of sp³-hybridized carbons (Fsp3) is 0.294. The molecule has 1 aliphatic heterocycles. The van der Waals surface area contributed by atoms with E-state index in [1.165, 1.54) is 6.20 Å². The third-order valence-electron chi connectivity index (χ3n) is 4.26. The Kier molecular flexibility index (Phi) is 4.59. The molecule has 2 aromatic rings. The lowest BCUT2D eigenvalue weighted by Gasteiger charge is -2.28. The molecule has 1 aromatic carbocycles. The van der Waals surface area contributed by atoms with E-state index in [0.717, 1.165) is 11.8 Å². The van der Waals surface area contributed by atoms with Gasteiger partial charge in [0, 0.05) is 29.4 Å². The molecule has 6 heteroatoms. The summed E-state index contributed by atoms with van der Waals surface area (Å²) in [6, 6.07) is 8.27. The summed E-state index contributed by atoms with van der Waals surface area (Å²) < 4.78 is 13.9. The molecule has 2 heterocycles. The van der Waals surface area contributed by atoms with Gasteiger partial charge in [-0.25, -0.2) is 4.39 Å². The van der Waals surface area contributed by atoms with Crippen LogP contribution < -0.4 is 0 Å². The van der Waals surface area contributed by atoms with Crippen LogP contribution in [0, 0.1) is 5.82 Å². The molecule has 120 valence electrons. The number of carbonyl (C=O) groups is 1. The fourth-order valence-corrected chi connectivity index (χ4v) is 3.25. The van der Waals surface area contributed by atoms with Crippen molar-refractivity contribution in [2.75, 3.05) is 0 Å². The Morgan fingerprint density at radius 1 is 1.30 bits per heavy atom. The highest BCUT2D eigenvalue weighted by molar-refractivity contribution is 6.30. The molecule has 3 rings (SSSR count). The average molecular weight is 335 g/mol. The minimum atomic E-state index is -0.879. The molecule has 0 unspecified atom stereocenters. The number of pyridine rings is 1. The lowest BCUT2D eigenvalue weighted by Crippen LogP contribution is -2.37. The largest absolute Gasteiger partial charge is 0.480 e. The van der Waals surface area contributed by atoms with Crippen molar-refractivity contribution in [2.24, 2.45) is 0 Å². The Labute approximate surface area is 138 Å². The van der Waals surface area contributed by atoms with Gasteiger partial charge in [0.15, 0.2) is 0 Å². The van der Waals surface area contributed by atoms with Gasteiger partial charge < -0.3 is 5.11 Å². The maximum Gasteiger partial charge on any atom is 0.320 e. The second kappa shape index (κ2) is 6.64. The molecule has 1 aliphatic rings. The lowest BCUT2D eigenvalue weighted by atomic mass is 10.0. The highest BCUT2D eigenvalue weighted by Gasteiger charge is 2.38. The van der Waals surface area contributed by atoms with Crippen LogP contribution in [0.15, 0.2) is 42.7 Å². The number of nitrogens with zero attached hydrogens (tertiary/aromatic N) is 2. The van der Waals surface area contributed by atoms with Gasteiger partial charge in [0.2, 0.25) is 0 Å². The fourth-order valence-electron chi connectivity index (χ4n) is 3.12. The van der Waals surface area contributed by atoms with Gasteiger partial charge in [-0.1, -0.05) is 23.7 Å². The number of benzene rings is 1. The first-order valence-electron chi connectivity index (χ1n) is 7.38. The number of likely N-dealkylation sites (tertiary alicyclic amines) is 1. The van der Waals surface area contributed by atoms with Gasteiger partial charge in [-0.3, -0.25) is 14.7 Å². The van der Waals surface area contributed by atoms with Crippen molar-refractivity contribution in [3.8, 4) is 0 Å². The molecule has 1 fully saturated rings. The summed E-state index contributed by atoms with van der Waals surface area (Å²) in [5.41, 5.74) is 1.44. The van der Waals surface area contributed by atoms with Gasteiger partial charge >= 0.3 is 5.97 Å². The van der Waals surface area contributed by atoms with E-state index < -0.39 is 17.8 Å². The van der Waals surface area contributed by atoms with Crippen LogP contribution in [0.1, 0.15) is 30.0 Å². The Morgan fingerprint density at radius 3 is 2.70 bits per heavy atom. The van der Waals surface area contributed by atoms with E-state index in [1.54, 1.807) is 18.2 Å². The summed E-state index contributed by atoms with van der Waals surface area (Å²) in [5, 5.41) is 10.1. The number of hydrogen-bond acceptors (Lipinski definition) is 3. The maximum absolute atomic E-state index is 13.9. The van der Waals surface area contributed by atoms with Gasteiger partial charge in [0.1, 0.15) is 11.9 Å². The Hall–Kier alpha value is -1.98. The molecule has 2 atom stereocenters. The zero-order valence-electron chi connectivity index (χ0n) is 12.3. The number of carboxylic acid groups (broad SMARTS) is 1. The van der Waals surface area contributed by atoms with Crippen LogP contribution in [0.25, 0.3) is 0 Å². The Balaban J connectivity index is 1.91. The van der Waals surface area contributed by atoms with E-state index in [1.807, 2.05) is 17.0 Å². The topological polar surface area (TPSA) is 53.4 Å². The van der Waals surface area contributed by atoms with Crippen LogP contribution in [0.3, 0.4) is 0 Å². The molecule has 4 nitrogen and oxygen atoms in total. The summed E-state index contributed by atoms with van der Waals surface area (Å²) in [7, 11) is 0. The standard InChI is InChI=1S/C17H16ClFN2O2/c18-13-3-1-11(2-4-13)15-5-6-16(17(22)23)21(15)10-12-7-8-20-9-14(12)19/h1-4,7-9,15-16H,5-6,10H2,(H,22,23)/t15-,16-/m0/s1. The van der Waals surface area contributed by atoms with Gasteiger partial charge in [-0.2, -0.15) is 0 Å². The van der Waals surface area contributed by atoms with E-state index in [4.69, 9.17) is 11.6 Å². The molecule has 0 bridgehead atoms. The van der Waals surface area contributed by atoms with Crippen LogP contribution in [0.5, 0.6) is 0 Å². The first kappa shape index (κ1) is 15.9. The smallest absolute Gasteiger partial charge is 0.320 e. The predicted molar refractivity (Wildman–Crippen MR) is 84.6 cm³/mol. The first-order valence-corrected chi connectivity index (χ1v) is 7.76. The molecule has 0 saturated carbocycles. The van der Waals surface area contributed by atoms with Crippen molar-refractivity contribution in [1.82, 2.24) is 9.88 Å². The van der Waals surface area contributed by atoms with E-state index in [2.05, 4.69) is 4.98 Å². The van der Waals surface area contributed by atoms with Crippen LogP contribution in [0.2, 0.25) is 5.02 Å². The molecular weight excluding hydrogens is 319 g/mol. The summed E-state index contributed by atoms with van der Waals surface area (Å²) in [6.07, 6.45) is 3.92. The summed E-state index contributed by atoms with van der Waals surface area (Å²) in [4.78, 5) is 17.1. The third-order valence-corrected chi connectivity index (χ3v) is 4.52. The molecule has 0 radical (unpaired) electrons. The third kappa shape index (κ3) is 3.35. The van der Waals surface area contributed by atoms with Crippen LogP contribution in [-0.4, -0.2) is 27.0 Å². The van der Waals surface area contributed by atoms with Gasteiger partial charge in [0.05, 0.1) is 6.20 Å². The van der Waals surface area contributed by atoms with E-state index in [-0.39, 0.29) is 12.6 Å². The van der Waals surface area contributed by atoms with Crippen molar-refractivity contribution in [3.63, 3.8) is 0 Å². The number of aromatic nitrogens is 1. The van der Waals surface area contributed by atoms with Crippen LogP contribution in [-0.2, 0) is 11.3 Å². The van der Waals surface area contributed by atoms with Crippen LogP contribution in [0.4, 0.5) is 4.39 Å². The van der Waals surface area contributed by atoms with E-state index in [0.29, 0.717) is 23.4 Å². The minimum Gasteiger partial charge on any atom is -0.480 e. The van der Waals surface area contributed by atoms with Crippen molar-refractivity contribution in [3.05, 3.63) is 64.7 Å². The molecule has 1 N–H and O–H groups in total. The molecular formula is C17H16ClFN2O2. The highest BCUT2D eigenvalue weighted by Crippen LogP contribution is 2.38. The Morgan fingerprint density at radius 2 is 2.04 bits per heavy atom. The minimum absolute atomic E-state index is 0.0686. The number of hydrogen-bond donors (Lipinski definition) is 1. The second-order valence-corrected chi connectivity index (χ2v) is 6.07. The molecule has 23 heavy (non-hydrogen) atoms. The van der Waals surface area contributed by atoms with Crippen molar-refractivity contribution in [2.45, 2.75) is 31.5 Å². The van der Waals surface area contributed by atoms with Gasteiger partial charge in [-0.05, 0) is 36.6 Å². The zero-order chi connectivity index (χ0) is 16.4. The summed E-state index contributed by atoms with van der Waals surface area (Å²) in [5.74, 6) is -1.30. The number of halogens is 2. The zero-order valence-corrected chi connectivity index (χ0v) is 13.1. The molecule has 1 aromatic heterocycles. The number of rotatable bonds is 4. The lowest BCUT2D eigenvalue weighted by molar-refractivity contribution is -0.142. The summed E-state index contributed by atoms with van der Waals surface area (Å²) in [6.45, 7) is 0.235. The van der Waals surface area contributed by atoms with E-state index in [9.17, 15) is 14.3 Å². The Bertz CT molecular complexity index is 708. The molecule has 0 amide bonds. The molecule has 0 spiro atoms. The van der Waals surface area contributed by atoms with Gasteiger partial charge in [0.25, 0.3) is 0 Å². The first-order chi connectivity index (χ1) is 11.1. The molecule has 1 saturated heterocycles. The van der Waals surface area contributed by atoms with Crippen molar-refractivity contribution < 1.29 is 14.3 Å². The van der Waals surface area contributed by atoms with Crippen molar-refractivity contribution in [1.29, 1.82) is 0 Å². The SMILES string of the molecule is O=C(O)[C@@H]1CC[C@@H](c2ccc(Cl)cc2)N1Cc1ccncc1F. The van der Waals surface area contributed by atoms with Crippen molar-refractivity contribution >= 4 is 17.6 Å². The quantitative estimate of drug-likeness (QED) is 0.927. The summed E-state index contributed by atoms with van der Waals surface area (Å²) >= 11 is 5.92. The predicted octanol–water partition coefficient (Wildman–Crippen LogP) is 3.66. The van der Waals surface area contributed by atoms with Crippen LogP contribution >= 0.6 is 11.6 Å². The number of carboxylic acids is 1. The highest BCUT2D eigenvalue weighted by atomic mass is 35.5.